The van der Waals surface area contributed by atoms with Crippen LogP contribution in [0.25, 0.3) is 0 Å². The number of hydrogen-bond donors (Lipinski definition) is 2. The molecule has 7 nitrogen and oxygen atoms in total. The zero-order valence-corrected chi connectivity index (χ0v) is 8.24. The van der Waals surface area contributed by atoms with Gasteiger partial charge in [0.25, 0.3) is 0 Å². The molecule has 0 saturated carbocycles. The lowest BCUT2D eigenvalue weighted by molar-refractivity contribution is -0.126. The molecule has 0 spiro atoms. The molecule has 0 atom stereocenters. The van der Waals surface area contributed by atoms with E-state index in [1.807, 2.05) is 19.9 Å². The van der Waals surface area contributed by atoms with Gasteiger partial charge in [-0.15, -0.1) is 9.85 Å². The molecule has 0 aromatic heterocycles. The average Bonchev–Trinajstić information content (AvgIpc) is 2.60. The SMILES string of the molecule is CC1=CC(C)=NC2=C(C(=N)N=O)NON12. The first kappa shape index (κ1) is 9.53. The van der Waals surface area contributed by atoms with Crippen molar-refractivity contribution >= 4 is 11.5 Å². The first-order valence-electron chi connectivity index (χ1n) is 4.26. The van der Waals surface area contributed by atoms with Crippen LogP contribution in [0, 0.1) is 10.3 Å². The summed E-state index contributed by atoms with van der Waals surface area (Å²) < 4.78 is 0. The zero-order chi connectivity index (χ0) is 11.0. The summed E-state index contributed by atoms with van der Waals surface area (Å²) in [5.74, 6) is -0.0455. The summed E-state index contributed by atoms with van der Waals surface area (Å²) in [6.45, 7) is 3.66. The van der Waals surface area contributed by atoms with Crippen molar-refractivity contribution < 1.29 is 4.94 Å². The van der Waals surface area contributed by atoms with E-state index in [1.165, 1.54) is 5.06 Å². The van der Waals surface area contributed by atoms with Crippen LogP contribution in [0.2, 0.25) is 0 Å². The normalized spacial score (nSPS) is 19.2. The second kappa shape index (κ2) is 3.28. The largest absolute Gasteiger partial charge is 0.278 e. The number of hydrogen-bond acceptors (Lipinski definition) is 6. The fourth-order valence-electron chi connectivity index (χ4n) is 1.38. The van der Waals surface area contributed by atoms with Gasteiger partial charge in [0, 0.05) is 5.71 Å². The van der Waals surface area contributed by atoms with E-state index in [0.717, 1.165) is 11.4 Å². The summed E-state index contributed by atoms with van der Waals surface area (Å²) in [7, 11) is 0. The molecular weight excluding hydrogens is 198 g/mol. The van der Waals surface area contributed by atoms with Crippen molar-refractivity contribution in [1.29, 1.82) is 5.41 Å². The maximum absolute atomic E-state index is 10.2. The molecule has 2 heterocycles. The molecule has 0 amide bonds. The number of hydroxylamine groups is 3. The first-order valence-corrected chi connectivity index (χ1v) is 4.26. The van der Waals surface area contributed by atoms with Gasteiger partial charge in [-0.05, 0) is 25.1 Å². The topological polar surface area (TPSA) is 90.1 Å². The second-order valence-corrected chi connectivity index (χ2v) is 3.17. The number of aliphatic imine (C=N–C) groups is 1. The smallest absolute Gasteiger partial charge is 0.218 e. The standard InChI is InChI=1S/C8H9N5O2/c1-4-3-5(2)13-8(10-4)6(12-15-13)7(9)11-14/h3,9,12H,1-2H3. The molecule has 2 aliphatic heterocycles. The third-order valence-corrected chi connectivity index (χ3v) is 2.00. The number of nitrogens with one attached hydrogen (secondary N) is 2. The quantitative estimate of drug-likeness (QED) is 0.381. The van der Waals surface area contributed by atoms with Gasteiger partial charge in [-0.2, -0.15) is 5.06 Å². The highest BCUT2D eigenvalue weighted by Crippen LogP contribution is 2.26. The average molecular weight is 207 g/mol. The molecule has 2 aliphatic rings. The summed E-state index contributed by atoms with van der Waals surface area (Å²) in [6.07, 6.45) is 1.83. The predicted molar refractivity (Wildman–Crippen MR) is 53.5 cm³/mol. The van der Waals surface area contributed by atoms with Gasteiger partial charge < -0.3 is 0 Å². The van der Waals surface area contributed by atoms with Crippen molar-refractivity contribution in [3.63, 3.8) is 0 Å². The van der Waals surface area contributed by atoms with Crippen molar-refractivity contribution in [2.45, 2.75) is 13.8 Å². The Morgan fingerprint density at radius 1 is 1.67 bits per heavy atom. The molecule has 0 unspecified atom stereocenters. The summed E-state index contributed by atoms with van der Waals surface area (Å²) in [4.78, 5) is 19.5. The molecule has 0 aromatic rings. The van der Waals surface area contributed by atoms with Crippen LogP contribution in [0.3, 0.4) is 0 Å². The van der Waals surface area contributed by atoms with Gasteiger partial charge in [0.2, 0.25) is 5.84 Å². The Morgan fingerprint density at radius 3 is 3.07 bits per heavy atom. The van der Waals surface area contributed by atoms with Gasteiger partial charge in [0.1, 0.15) is 0 Å². The summed E-state index contributed by atoms with van der Waals surface area (Å²) >= 11 is 0. The summed E-state index contributed by atoms with van der Waals surface area (Å²) in [6, 6.07) is 0. The summed E-state index contributed by atoms with van der Waals surface area (Å²) in [5, 5.41) is 11.2. The second-order valence-electron chi connectivity index (χ2n) is 3.17. The van der Waals surface area contributed by atoms with E-state index in [2.05, 4.69) is 15.6 Å². The first-order chi connectivity index (χ1) is 7.13. The van der Waals surface area contributed by atoms with E-state index < -0.39 is 5.84 Å². The Hall–Kier alpha value is -2.02. The number of rotatable bonds is 1. The predicted octanol–water partition coefficient (Wildman–Crippen LogP) is 1.03. The van der Waals surface area contributed by atoms with Crippen LogP contribution in [0.1, 0.15) is 13.8 Å². The van der Waals surface area contributed by atoms with Crippen molar-refractivity contribution in [3.8, 4) is 0 Å². The van der Waals surface area contributed by atoms with Gasteiger partial charge in [0.05, 0.1) is 5.70 Å². The van der Waals surface area contributed by atoms with Gasteiger partial charge in [-0.1, -0.05) is 0 Å². The number of amidine groups is 1. The van der Waals surface area contributed by atoms with Crippen molar-refractivity contribution in [1.82, 2.24) is 10.5 Å². The maximum Gasteiger partial charge on any atom is 0.218 e. The highest BCUT2D eigenvalue weighted by Gasteiger charge is 2.30. The number of nitroso groups, excluding NO2 is 1. The monoisotopic (exact) mass is 207 g/mol. The molecule has 2 N–H and O–H groups in total. The number of fused-ring (bicyclic) bond motifs is 1. The molecule has 0 aliphatic carbocycles. The van der Waals surface area contributed by atoms with Crippen LogP contribution in [-0.4, -0.2) is 16.6 Å². The zero-order valence-electron chi connectivity index (χ0n) is 8.24. The minimum absolute atomic E-state index is 0.178. The molecule has 78 valence electrons. The Balaban J connectivity index is 2.47. The number of allylic oxidation sites excluding steroid dienone is 2. The van der Waals surface area contributed by atoms with Crippen molar-refractivity contribution in [3.05, 3.63) is 28.2 Å². The van der Waals surface area contributed by atoms with Gasteiger partial charge in [-0.3, -0.25) is 5.41 Å². The third-order valence-electron chi connectivity index (χ3n) is 2.00. The highest BCUT2D eigenvalue weighted by molar-refractivity contribution is 5.99. The van der Waals surface area contributed by atoms with Crippen LogP contribution >= 0.6 is 0 Å². The minimum atomic E-state index is -0.432. The lowest BCUT2D eigenvalue weighted by Gasteiger charge is -2.19. The van der Waals surface area contributed by atoms with E-state index in [-0.39, 0.29) is 5.70 Å². The number of nitrogens with zero attached hydrogens (tertiary/aromatic N) is 3. The molecule has 0 bridgehead atoms. The Bertz CT molecular complexity index is 434. The Labute approximate surface area is 85.5 Å². The molecular formula is C8H9N5O2. The molecule has 15 heavy (non-hydrogen) atoms. The third kappa shape index (κ3) is 1.42. The van der Waals surface area contributed by atoms with Gasteiger partial charge >= 0.3 is 0 Å². The minimum Gasteiger partial charge on any atom is -0.278 e. The molecule has 7 heteroatoms. The lowest BCUT2D eigenvalue weighted by Crippen LogP contribution is -2.22. The van der Waals surface area contributed by atoms with E-state index >= 15 is 0 Å². The lowest BCUT2D eigenvalue weighted by atomic mass is 10.2. The van der Waals surface area contributed by atoms with Crippen LogP contribution in [0.4, 0.5) is 0 Å². The molecule has 0 aromatic carbocycles. The van der Waals surface area contributed by atoms with Crippen molar-refractivity contribution in [2.24, 2.45) is 10.2 Å². The fraction of sp³-hybridized carbons (Fsp3) is 0.250. The molecule has 0 fully saturated rings. The van der Waals surface area contributed by atoms with E-state index in [1.54, 1.807) is 0 Å². The Morgan fingerprint density at radius 2 is 2.40 bits per heavy atom. The highest BCUT2D eigenvalue weighted by atomic mass is 16.8. The van der Waals surface area contributed by atoms with Crippen LogP contribution < -0.4 is 5.48 Å². The van der Waals surface area contributed by atoms with E-state index in [9.17, 15) is 4.91 Å². The van der Waals surface area contributed by atoms with E-state index in [4.69, 9.17) is 10.3 Å². The van der Waals surface area contributed by atoms with Gasteiger partial charge in [-0.25, -0.2) is 10.5 Å². The van der Waals surface area contributed by atoms with E-state index in [0.29, 0.717) is 5.82 Å². The van der Waals surface area contributed by atoms with Crippen LogP contribution in [0.15, 0.2) is 33.5 Å². The van der Waals surface area contributed by atoms with Crippen molar-refractivity contribution in [2.75, 3.05) is 0 Å². The maximum atomic E-state index is 10.2. The Kier molecular flexibility index (Phi) is 2.09. The molecule has 0 radical (unpaired) electrons. The van der Waals surface area contributed by atoms with Gasteiger partial charge in [0.15, 0.2) is 11.5 Å². The fourth-order valence-corrected chi connectivity index (χ4v) is 1.38. The van der Waals surface area contributed by atoms with Crippen LogP contribution in [-0.2, 0) is 4.94 Å². The molecule has 0 saturated heterocycles. The molecule has 2 rings (SSSR count). The van der Waals surface area contributed by atoms with Crippen LogP contribution in [0.5, 0.6) is 0 Å². The summed E-state index contributed by atoms with van der Waals surface area (Å²) in [5.41, 5.74) is 4.22.